The highest BCUT2D eigenvalue weighted by Crippen LogP contribution is 2.24. The maximum Gasteiger partial charge on any atom is 0.244 e. The monoisotopic (exact) mass is 364 g/mol. The molecule has 0 saturated heterocycles. The minimum Gasteiger partial charge on any atom is -0.355 e. The molecule has 0 spiro atoms. The summed E-state index contributed by atoms with van der Waals surface area (Å²) in [6, 6.07) is 5.77. The standard InChI is InChI=1S/C17H18ClFN4O2/c1-11-15(7-8-16(25)21-10-9-20-12(2)24)17(18)23(22-11)14-5-3-13(19)4-6-14/h3-8H,9-10H2,1-2H3,(H,20,24)(H,21,25)/b8-7+. The fraction of sp³-hybridized carbons (Fsp3) is 0.235. The van der Waals surface area contributed by atoms with Gasteiger partial charge in [-0.05, 0) is 37.3 Å². The van der Waals surface area contributed by atoms with Gasteiger partial charge in [-0.1, -0.05) is 11.6 Å². The molecule has 0 unspecified atom stereocenters. The van der Waals surface area contributed by atoms with Gasteiger partial charge in [-0.25, -0.2) is 9.07 Å². The van der Waals surface area contributed by atoms with Crippen LogP contribution >= 0.6 is 11.6 Å². The Labute approximate surface area is 149 Å². The van der Waals surface area contributed by atoms with E-state index in [9.17, 15) is 14.0 Å². The Morgan fingerprint density at radius 2 is 1.88 bits per heavy atom. The minimum atomic E-state index is -0.347. The fourth-order valence-electron chi connectivity index (χ4n) is 2.10. The smallest absolute Gasteiger partial charge is 0.244 e. The lowest BCUT2D eigenvalue weighted by Crippen LogP contribution is -2.32. The first-order valence-electron chi connectivity index (χ1n) is 7.60. The Morgan fingerprint density at radius 3 is 2.52 bits per heavy atom. The molecular weight excluding hydrogens is 347 g/mol. The van der Waals surface area contributed by atoms with Crippen LogP contribution in [0.3, 0.4) is 0 Å². The summed E-state index contributed by atoms with van der Waals surface area (Å²) in [6.07, 6.45) is 2.91. The van der Waals surface area contributed by atoms with E-state index in [1.54, 1.807) is 25.1 Å². The zero-order chi connectivity index (χ0) is 18.4. The molecule has 0 saturated carbocycles. The number of aromatic nitrogens is 2. The van der Waals surface area contributed by atoms with Crippen molar-refractivity contribution >= 4 is 29.5 Å². The van der Waals surface area contributed by atoms with Gasteiger partial charge in [0.25, 0.3) is 0 Å². The third kappa shape index (κ3) is 5.15. The van der Waals surface area contributed by atoms with Gasteiger partial charge >= 0.3 is 0 Å². The number of rotatable bonds is 6. The molecule has 8 heteroatoms. The number of hydrogen-bond donors (Lipinski definition) is 2. The van der Waals surface area contributed by atoms with Crippen LogP contribution in [0.5, 0.6) is 0 Å². The van der Waals surface area contributed by atoms with E-state index in [1.807, 2.05) is 0 Å². The minimum absolute atomic E-state index is 0.152. The maximum absolute atomic E-state index is 13.0. The molecule has 2 amide bonds. The lowest BCUT2D eigenvalue weighted by atomic mass is 10.2. The molecule has 1 heterocycles. The molecule has 0 aliphatic heterocycles. The van der Waals surface area contributed by atoms with E-state index >= 15 is 0 Å². The van der Waals surface area contributed by atoms with Crippen molar-refractivity contribution in [1.29, 1.82) is 0 Å². The molecule has 132 valence electrons. The molecule has 2 N–H and O–H groups in total. The van der Waals surface area contributed by atoms with Crippen molar-refractivity contribution < 1.29 is 14.0 Å². The molecule has 6 nitrogen and oxygen atoms in total. The summed E-state index contributed by atoms with van der Waals surface area (Å²) in [7, 11) is 0. The van der Waals surface area contributed by atoms with Crippen molar-refractivity contribution in [3.05, 3.63) is 52.6 Å². The van der Waals surface area contributed by atoms with Gasteiger partial charge in [0.1, 0.15) is 11.0 Å². The lowest BCUT2D eigenvalue weighted by Gasteiger charge is -2.03. The summed E-state index contributed by atoms with van der Waals surface area (Å²) < 4.78 is 14.5. The van der Waals surface area contributed by atoms with E-state index in [-0.39, 0.29) is 17.6 Å². The first-order valence-corrected chi connectivity index (χ1v) is 7.97. The normalized spacial score (nSPS) is 10.9. The molecule has 1 aromatic heterocycles. The van der Waals surface area contributed by atoms with E-state index in [1.165, 1.54) is 29.8 Å². The summed E-state index contributed by atoms with van der Waals surface area (Å²) in [4.78, 5) is 22.5. The SMILES string of the molecule is CC(=O)NCCNC(=O)/C=C/c1c(C)nn(-c2ccc(F)cc2)c1Cl. The average Bonchev–Trinajstić information content (AvgIpc) is 2.85. The molecule has 0 fully saturated rings. The van der Waals surface area contributed by atoms with Crippen LogP contribution in [0.15, 0.2) is 30.3 Å². The van der Waals surface area contributed by atoms with Crippen molar-refractivity contribution in [3.8, 4) is 5.69 Å². The predicted octanol–water partition coefficient (Wildman–Crippen LogP) is 2.24. The van der Waals surface area contributed by atoms with E-state index in [0.29, 0.717) is 35.2 Å². The van der Waals surface area contributed by atoms with Gasteiger partial charge in [0.05, 0.1) is 11.4 Å². The highest BCUT2D eigenvalue weighted by atomic mass is 35.5. The van der Waals surface area contributed by atoms with E-state index in [0.717, 1.165) is 0 Å². The largest absolute Gasteiger partial charge is 0.355 e. The molecular formula is C17H18ClFN4O2. The first-order chi connectivity index (χ1) is 11.9. The van der Waals surface area contributed by atoms with E-state index < -0.39 is 0 Å². The molecule has 0 radical (unpaired) electrons. The van der Waals surface area contributed by atoms with Gasteiger partial charge in [-0.15, -0.1) is 0 Å². The topological polar surface area (TPSA) is 76.0 Å². The second kappa shape index (κ2) is 8.43. The van der Waals surface area contributed by atoms with Gasteiger partial charge < -0.3 is 10.6 Å². The number of carbonyl (C=O) groups excluding carboxylic acids is 2. The Bertz CT molecular complexity index is 800. The molecule has 25 heavy (non-hydrogen) atoms. The second-order valence-electron chi connectivity index (χ2n) is 5.29. The van der Waals surface area contributed by atoms with Crippen LogP contribution in [0.2, 0.25) is 5.15 Å². The number of nitrogens with zero attached hydrogens (tertiary/aromatic N) is 2. The first kappa shape index (κ1) is 18.7. The van der Waals surface area contributed by atoms with Crippen LogP contribution in [0.25, 0.3) is 11.8 Å². The molecule has 0 bridgehead atoms. The molecule has 2 aromatic rings. The van der Waals surface area contributed by atoms with Crippen molar-refractivity contribution in [2.75, 3.05) is 13.1 Å². The summed E-state index contributed by atoms with van der Waals surface area (Å²) in [5, 5.41) is 9.86. The number of hydrogen-bond acceptors (Lipinski definition) is 3. The Balaban J connectivity index is 2.06. The summed E-state index contributed by atoms with van der Waals surface area (Å²) >= 11 is 6.33. The number of halogens is 2. The number of amides is 2. The van der Waals surface area contributed by atoms with Gasteiger partial charge in [0.15, 0.2) is 0 Å². The Kier molecular flexibility index (Phi) is 6.30. The molecule has 2 rings (SSSR count). The number of nitrogens with one attached hydrogen (secondary N) is 2. The highest BCUT2D eigenvalue weighted by Gasteiger charge is 2.13. The average molecular weight is 365 g/mol. The third-order valence-corrected chi connectivity index (χ3v) is 3.68. The van der Waals surface area contributed by atoms with Crippen LogP contribution in [0.1, 0.15) is 18.2 Å². The zero-order valence-electron chi connectivity index (χ0n) is 13.8. The van der Waals surface area contributed by atoms with Crippen LogP contribution in [-0.2, 0) is 9.59 Å². The van der Waals surface area contributed by atoms with Crippen molar-refractivity contribution in [3.63, 3.8) is 0 Å². The van der Waals surface area contributed by atoms with Crippen molar-refractivity contribution in [1.82, 2.24) is 20.4 Å². The lowest BCUT2D eigenvalue weighted by molar-refractivity contribution is -0.119. The summed E-state index contributed by atoms with van der Waals surface area (Å²) in [5.41, 5.74) is 1.86. The number of aryl methyl sites for hydroxylation is 1. The predicted molar refractivity (Wildman–Crippen MR) is 94.0 cm³/mol. The maximum atomic E-state index is 13.0. The fourth-order valence-corrected chi connectivity index (χ4v) is 2.43. The van der Waals surface area contributed by atoms with E-state index in [2.05, 4.69) is 15.7 Å². The van der Waals surface area contributed by atoms with Gasteiger partial charge in [-0.3, -0.25) is 9.59 Å². The van der Waals surface area contributed by atoms with Gasteiger partial charge in [-0.2, -0.15) is 5.10 Å². The summed E-state index contributed by atoms with van der Waals surface area (Å²) in [5.74, 6) is -0.810. The number of carbonyl (C=O) groups is 2. The van der Waals surface area contributed by atoms with Crippen LogP contribution in [0, 0.1) is 12.7 Å². The molecule has 0 aliphatic rings. The summed E-state index contributed by atoms with van der Waals surface area (Å²) in [6.45, 7) is 3.85. The number of benzene rings is 1. The Morgan fingerprint density at radius 1 is 1.24 bits per heavy atom. The van der Waals surface area contributed by atoms with Crippen LogP contribution in [0.4, 0.5) is 4.39 Å². The van der Waals surface area contributed by atoms with E-state index in [4.69, 9.17) is 11.6 Å². The molecule has 0 aliphatic carbocycles. The quantitative estimate of drug-likeness (QED) is 0.609. The zero-order valence-corrected chi connectivity index (χ0v) is 14.6. The molecule has 1 aromatic carbocycles. The van der Waals surface area contributed by atoms with Crippen molar-refractivity contribution in [2.45, 2.75) is 13.8 Å². The second-order valence-corrected chi connectivity index (χ2v) is 5.64. The molecule has 0 atom stereocenters. The van der Waals surface area contributed by atoms with Crippen LogP contribution < -0.4 is 10.6 Å². The third-order valence-electron chi connectivity index (χ3n) is 3.32. The van der Waals surface area contributed by atoms with Crippen molar-refractivity contribution in [2.24, 2.45) is 0 Å². The Hall–Kier alpha value is -2.67. The van der Waals surface area contributed by atoms with Crippen LogP contribution in [-0.4, -0.2) is 34.7 Å². The van der Waals surface area contributed by atoms with Gasteiger partial charge in [0.2, 0.25) is 11.8 Å². The van der Waals surface area contributed by atoms with Gasteiger partial charge in [0, 0.05) is 31.7 Å². The highest BCUT2D eigenvalue weighted by molar-refractivity contribution is 6.31.